The summed E-state index contributed by atoms with van der Waals surface area (Å²) in [6, 6.07) is 0. The Morgan fingerprint density at radius 2 is 2.33 bits per heavy atom. The highest BCUT2D eigenvalue weighted by molar-refractivity contribution is 7.80. The van der Waals surface area contributed by atoms with Crippen molar-refractivity contribution in [3.05, 3.63) is 16.1 Å². The summed E-state index contributed by atoms with van der Waals surface area (Å²) in [6.45, 7) is 4.36. The van der Waals surface area contributed by atoms with Gasteiger partial charge >= 0.3 is 0 Å². The Hall–Kier alpha value is -0.0200. The van der Waals surface area contributed by atoms with Gasteiger partial charge in [-0.05, 0) is 18.6 Å². The summed E-state index contributed by atoms with van der Waals surface area (Å²) < 4.78 is 0. The zero-order chi connectivity index (χ0) is 8.97. The largest absolute Gasteiger partial charge is 0.249 e. The minimum Gasteiger partial charge on any atom is -0.249 e. The zero-order valence-corrected chi connectivity index (χ0v) is 9.29. The molecule has 1 aromatic heterocycles. The molecule has 0 fully saturated rings. The van der Waals surface area contributed by atoms with E-state index in [1.165, 1.54) is 9.88 Å². The van der Waals surface area contributed by atoms with Gasteiger partial charge < -0.3 is 0 Å². The van der Waals surface area contributed by atoms with Crippen LogP contribution >= 0.6 is 24.0 Å². The molecule has 0 saturated carbocycles. The van der Waals surface area contributed by atoms with Gasteiger partial charge in [-0.2, -0.15) is 12.6 Å². The molecule has 1 nitrogen and oxygen atoms in total. The molecule has 0 amide bonds. The Labute approximate surface area is 83.6 Å². The van der Waals surface area contributed by atoms with Crippen LogP contribution in [0.15, 0.2) is 6.20 Å². The minimum atomic E-state index is 0.569. The normalized spacial score (nSPS) is 11.0. The molecule has 0 bridgehead atoms. The monoisotopic (exact) mass is 201 g/mol. The summed E-state index contributed by atoms with van der Waals surface area (Å²) in [6.07, 6.45) is 4.29. The van der Waals surface area contributed by atoms with Crippen LogP contribution in [0.1, 0.15) is 36.1 Å². The standard InChI is InChI=1S/C9H15NS2/c1-7(2)9-10-6-8(12-9)4-3-5-11/h6-7,11H,3-5H2,1-2H3. The maximum absolute atomic E-state index is 4.36. The molecule has 3 heteroatoms. The van der Waals surface area contributed by atoms with E-state index >= 15 is 0 Å². The number of aryl methyl sites for hydroxylation is 1. The van der Waals surface area contributed by atoms with E-state index in [9.17, 15) is 0 Å². The van der Waals surface area contributed by atoms with E-state index in [4.69, 9.17) is 0 Å². The molecule has 0 aliphatic rings. The number of hydrogen-bond acceptors (Lipinski definition) is 3. The van der Waals surface area contributed by atoms with Crippen molar-refractivity contribution < 1.29 is 0 Å². The highest BCUT2D eigenvalue weighted by atomic mass is 32.1. The summed E-state index contributed by atoms with van der Waals surface area (Å²) >= 11 is 6.02. The SMILES string of the molecule is CC(C)c1ncc(CCCS)s1. The van der Waals surface area contributed by atoms with Gasteiger partial charge in [0.1, 0.15) is 0 Å². The van der Waals surface area contributed by atoms with Crippen molar-refractivity contribution in [2.24, 2.45) is 0 Å². The fourth-order valence-corrected chi connectivity index (χ4v) is 2.08. The molecule has 12 heavy (non-hydrogen) atoms. The predicted molar refractivity (Wildman–Crippen MR) is 58.4 cm³/mol. The smallest absolute Gasteiger partial charge is 0.0953 e. The van der Waals surface area contributed by atoms with Crippen molar-refractivity contribution in [1.29, 1.82) is 0 Å². The van der Waals surface area contributed by atoms with E-state index in [2.05, 4.69) is 31.5 Å². The molecule has 1 aromatic rings. The van der Waals surface area contributed by atoms with E-state index in [1.54, 1.807) is 0 Å². The van der Waals surface area contributed by atoms with Crippen molar-refractivity contribution in [3.63, 3.8) is 0 Å². The lowest BCUT2D eigenvalue weighted by Gasteiger charge is -1.95. The number of thiol groups is 1. The highest BCUT2D eigenvalue weighted by Gasteiger charge is 2.04. The Balaban J connectivity index is 2.52. The number of nitrogens with zero attached hydrogens (tertiary/aromatic N) is 1. The van der Waals surface area contributed by atoms with Gasteiger partial charge in [0.25, 0.3) is 0 Å². The zero-order valence-electron chi connectivity index (χ0n) is 7.58. The molecule has 68 valence electrons. The van der Waals surface area contributed by atoms with Crippen LogP contribution in [-0.4, -0.2) is 10.7 Å². The van der Waals surface area contributed by atoms with Gasteiger partial charge in [0.2, 0.25) is 0 Å². The van der Waals surface area contributed by atoms with E-state index in [1.807, 2.05) is 17.5 Å². The molecule has 0 radical (unpaired) electrons. The van der Waals surface area contributed by atoms with Gasteiger partial charge in [-0.1, -0.05) is 13.8 Å². The fraction of sp³-hybridized carbons (Fsp3) is 0.667. The first-order valence-corrected chi connectivity index (χ1v) is 5.74. The third kappa shape index (κ3) is 2.79. The molecular formula is C9H15NS2. The second-order valence-corrected chi connectivity index (χ2v) is 4.74. The third-order valence-corrected chi connectivity index (χ3v) is 3.32. The first-order valence-electron chi connectivity index (χ1n) is 4.29. The Morgan fingerprint density at radius 1 is 1.58 bits per heavy atom. The molecule has 0 aromatic carbocycles. The molecule has 0 aliphatic heterocycles. The van der Waals surface area contributed by atoms with Crippen molar-refractivity contribution in [2.45, 2.75) is 32.6 Å². The van der Waals surface area contributed by atoms with Gasteiger partial charge in [0.15, 0.2) is 0 Å². The topological polar surface area (TPSA) is 12.9 Å². The average Bonchev–Trinajstić information content (AvgIpc) is 2.48. The highest BCUT2D eigenvalue weighted by Crippen LogP contribution is 2.21. The first kappa shape index (κ1) is 10.1. The molecule has 0 saturated heterocycles. The molecule has 0 spiro atoms. The maximum Gasteiger partial charge on any atom is 0.0953 e. The molecule has 0 aliphatic carbocycles. The number of hydrogen-bond donors (Lipinski definition) is 1. The van der Waals surface area contributed by atoms with Crippen LogP contribution in [0.3, 0.4) is 0 Å². The van der Waals surface area contributed by atoms with E-state index < -0.39 is 0 Å². The summed E-state index contributed by atoms with van der Waals surface area (Å²) in [5, 5.41) is 1.25. The second-order valence-electron chi connectivity index (χ2n) is 3.15. The molecule has 1 heterocycles. The lowest BCUT2D eigenvalue weighted by atomic mass is 10.2. The number of thiazole rings is 1. The molecule has 0 N–H and O–H groups in total. The summed E-state index contributed by atoms with van der Waals surface area (Å²) in [5.41, 5.74) is 0. The quantitative estimate of drug-likeness (QED) is 0.739. The van der Waals surface area contributed by atoms with Crippen LogP contribution in [0.4, 0.5) is 0 Å². The van der Waals surface area contributed by atoms with Gasteiger partial charge in [-0.25, -0.2) is 4.98 Å². The first-order chi connectivity index (χ1) is 5.74. The van der Waals surface area contributed by atoms with E-state index in [0.29, 0.717) is 5.92 Å². The lowest BCUT2D eigenvalue weighted by molar-refractivity contribution is 0.852. The molecule has 0 unspecified atom stereocenters. The maximum atomic E-state index is 4.36. The molecular weight excluding hydrogens is 186 g/mol. The van der Waals surface area contributed by atoms with Crippen molar-refractivity contribution in [1.82, 2.24) is 4.98 Å². The second kappa shape index (κ2) is 4.87. The summed E-state index contributed by atoms with van der Waals surface area (Å²) in [5.74, 6) is 1.54. The van der Waals surface area contributed by atoms with Crippen molar-refractivity contribution in [2.75, 3.05) is 5.75 Å². The number of rotatable bonds is 4. The average molecular weight is 201 g/mol. The molecule has 1 rings (SSSR count). The Bertz CT molecular complexity index is 230. The van der Waals surface area contributed by atoms with E-state index in [-0.39, 0.29) is 0 Å². The van der Waals surface area contributed by atoms with Gasteiger partial charge in [0, 0.05) is 17.0 Å². The van der Waals surface area contributed by atoms with Crippen LogP contribution in [-0.2, 0) is 6.42 Å². The van der Waals surface area contributed by atoms with Crippen molar-refractivity contribution in [3.8, 4) is 0 Å². The predicted octanol–water partition coefficient (Wildman–Crippen LogP) is 3.13. The van der Waals surface area contributed by atoms with E-state index in [0.717, 1.165) is 18.6 Å². The van der Waals surface area contributed by atoms with Crippen LogP contribution < -0.4 is 0 Å². The van der Waals surface area contributed by atoms with Gasteiger partial charge in [-0.3, -0.25) is 0 Å². The Kier molecular flexibility index (Phi) is 4.09. The Morgan fingerprint density at radius 3 is 2.83 bits per heavy atom. The third-order valence-electron chi connectivity index (χ3n) is 1.65. The van der Waals surface area contributed by atoms with Crippen LogP contribution in [0.25, 0.3) is 0 Å². The minimum absolute atomic E-state index is 0.569. The van der Waals surface area contributed by atoms with Gasteiger partial charge in [-0.15, -0.1) is 11.3 Å². The van der Waals surface area contributed by atoms with Crippen LogP contribution in [0.2, 0.25) is 0 Å². The fourth-order valence-electron chi connectivity index (χ4n) is 0.958. The van der Waals surface area contributed by atoms with Gasteiger partial charge in [0.05, 0.1) is 5.01 Å². The summed E-state index contributed by atoms with van der Waals surface area (Å²) in [4.78, 5) is 5.76. The van der Waals surface area contributed by atoms with Crippen molar-refractivity contribution >= 4 is 24.0 Å². The van der Waals surface area contributed by atoms with Crippen LogP contribution in [0.5, 0.6) is 0 Å². The number of aromatic nitrogens is 1. The lowest BCUT2D eigenvalue weighted by Crippen LogP contribution is -1.82. The summed E-state index contributed by atoms with van der Waals surface area (Å²) in [7, 11) is 0. The molecule has 0 atom stereocenters. The van der Waals surface area contributed by atoms with Crippen LogP contribution in [0, 0.1) is 0 Å².